The zero-order valence-electron chi connectivity index (χ0n) is 12.6. The highest BCUT2D eigenvalue weighted by molar-refractivity contribution is 5.99. The average molecular weight is 283 g/mol. The summed E-state index contributed by atoms with van der Waals surface area (Å²) in [5.41, 5.74) is 10.7. The molecule has 0 bridgehead atoms. The van der Waals surface area contributed by atoms with E-state index in [1.54, 1.807) is 0 Å². The number of hydrogen-bond donors (Lipinski definition) is 3. The van der Waals surface area contributed by atoms with Crippen molar-refractivity contribution < 1.29 is 4.79 Å². The number of carbonyl (C=O) groups is 1. The summed E-state index contributed by atoms with van der Waals surface area (Å²) in [5.74, 6) is 0. The maximum Gasteiger partial charge on any atom is 0.323 e. The molecule has 4 nitrogen and oxygen atoms in total. The lowest BCUT2D eigenvalue weighted by atomic mass is 10.1. The lowest BCUT2D eigenvalue weighted by molar-refractivity contribution is 0.262. The van der Waals surface area contributed by atoms with Crippen LogP contribution < -0.4 is 16.4 Å². The second kappa shape index (κ2) is 6.41. The molecule has 4 N–H and O–H groups in total. The van der Waals surface area contributed by atoms with Crippen LogP contribution >= 0.6 is 0 Å². The molecule has 2 amide bonds. The van der Waals surface area contributed by atoms with Crippen LogP contribution in [0.15, 0.2) is 42.5 Å². The number of hydrogen-bond acceptors (Lipinski definition) is 2. The van der Waals surface area contributed by atoms with Crippen molar-refractivity contribution in [1.82, 2.24) is 0 Å². The normalized spacial score (nSPS) is 11.8. The fourth-order valence-corrected chi connectivity index (χ4v) is 2.01. The van der Waals surface area contributed by atoms with E-state index in [0.717, 1.165) is 22.5 Å². The second-order valence-electron chi connectivity index (χ2n) is 5.29. The number of carbonyl (C=O) groups excluding carboxylic acids is 1. The Balaban J connectivity index is 2.04. The Morgan fingerprint density at radius 3 is 2.29 bits per heavy atom. The molecule has 21 heavy (non-hydrogen) atoms. The quantitative estimate of drug-likeness (QED) is 0.798. The topological polar surface area (TPSA) is 67.2 Å². The number of rotatable bonds is 3. The van der Waals surface area contributed by atoms with Gasteiger partial charge in [0, 0.05) is 17.4 Å². The minimum Gasteiger partial charge on any atom is -0.324 e. The first-order valence-electron chi connectivity index (χ1n) is 6.96. The molecule has 0 saturated heterocycles. The van der Waals surface area contributed by atoms with Gasteiger partial charge in [0.15, 0.2) is 0 Å². The maximum absolute atomic E-state index is 12.0. The van der Waals surface area contributed by atoms with Gasteiger partial charge in [0.2, 0.25) is 0 Å². The van der Waals surface area contributed by atoms with Gasteiger partial charge in [-0.3, -0.25) is 0 Å². The number of benzene rings is 2. The van der Waals surface area contributed by atoms with Crippen LogP contribution in [0, 0.1) is 13.8 Å². The minimum atomic E-state index is -0.264. The van der Waals surface area contributed by atoms with Gasteiger partial charge >= 0.3 is 6.03 Å². The molecule has 2 aromatic carbocycles. The number of anilines is 2. The summed E-state index contributed by atoms with van der Waals surface area (Å²) >= 11 is 0. The molecule has 2 aromatic rings. The SMILES string of the molecule is Cc1ccc(NC(=O)Nc2cccc(C(C)N)c2)cc1C. The van der Waals surface area contributed by atoms with Gasteiger partial charge in [-0.05, 0) is 61.7 Å². The highest BCUT2D eigenvalue weighted by Crippen LogP contribution is 2.17. The van der Waals surface area contributed by atoms with Crippen molar-refractivity contribution in [3.05, 3.63) is 59.2 Å². The molecule has 0 radical (unpaired) electrons. The van der Waals surface area contributed by atoms with E-state index in [-0.39, 0.29) is 12.1 Å². The van der Waals surface area contributed by atoms with E-state index < -0.39 is 0 Å². The summed E-state index contributed by atoms with van der Waals surface area (Å²) in [4.78, 5) is 12.0. The summed E-state index contributed by atoms with van der Waals surface area (Å²) in [7, 11) is 0. The van der Waals surface area contributed by atoms with Gasteiger partial charge in [-0.1, -0.05) is 18.2 Å². The first-order valence-corrected chi connectivity index (χ1v) is 6.96. The lowest BCUT2D eigenvalue weighted by Gasteiger charge is -2.11. The summed E-state index contributed by atoms with van der Waals surface area (Å²) in [6.07, 6.45) is 0. The third-order valence-electron chi connectivity index (χ3n) is 3.44. The zero-order valence-corrected chi connectivity index (χ0v) is 12.6. The summed E-state index contributed by atoms with van der Waals surface area (Å²) < 4.78 is 0. The molecule has 1 atom stereocenters. The van der Waals surface area contributed by atoms with E-state index in [9.17, 15) is 4.79 Å². The Labute approximate surface area is 125 Å². The molecule has 1 unspecified atom stereocenters. The number of amides is 2. The second-order valence-corrected chi connectivity index (χ2v) is 5.29. The first-order chi connectivity index (χ1) is 9.95. The Kier molecular flexibility index (Phi) is 4.60. The van der Waals surface area contributed by atoms with E-state index in [1.807, 2.05) is 63.2 Å². The van der Waals surface area contributed by atoms with E-state index in [2.05, 4.69) is 10.6 Å². The highest BCUT2D eigenvalue weighted by atomic mass is 16.2. The van der Waals surface area contributed by atoms with Crippen LogP contribution in [-0.2, 0) is 0 Å². The van der Waals surface area contributed by atoms with Crippen LogP contribution in [-0.4, -0.2) is 6.03 Å². The standard InChI is InChI=1S/C17H21N3O/c1-11-7-8-16(9-12(11)2)20-17(21)19-15-6-4-5-14(10-15)13(3)18/h4-10,13H,18H2,1-3H3,(H2,19,20,21). The van der Waals surface area contributed by atoms with E-state index in [0.29, 0.717) is 0 Å². The van der Waals surface area contributed by atoms with E-state index >= 15 is 0 Å². The molecule has 0 saturated carbocycles. The molecule has 0 aliphatic heterocycles. The van der Waals surface area contributed by atoms with Crippen molar-refractivity contribution in [3.8, 4) is 0 Å². The Morgan fingerprint density at radius 1 is 1.00 bits per heavy atom. The largest absolute Gasteiger partial charge is 0.324 e. The fraction of sp³-hybridized carbons (Fsp3) is 0.235. The van der Waals surface area contributed by atoms with Crippen molar-refractivity contribution in [3.63, 3.8) is 0 Å². The number of urea groups is 1. The van der Waals surface area contributed by atoms with Crippen molar-refractivity contribution in [2.75, 3.05) is 10.6 Å². The van der Waals surface area contributed by atoms with E-state index in [4.69, 9.17) is 5.73 Å². The molecule has 2 rings (SSSR count). The minimum absolute atomic E-state index is 0.0606. The van der Waals surface area contributed by atoms with Gasteiger partial charge in [-0.25, -0.2) is 4.79 Å². The molecule has 4 heteroatoms. The molecule has 0 aliphatic rings. The van der Waals surface area contributed by atoms with Crippen LogP contribution in [0.25, 0.3) is 0 Å². The molecule has 0 fully saturated rings. The third-order valence-corrected chi connectivity index (χ3v) is 3.44. The van der Waals surface area contributed by atoms with Gasteiger partial charge < -0.3 is 16.4 Å². The Bertz CT molecular complexity index is 650. The average Bonchev–Trinajstić information content (AvgIpc) is 2.43. The number of aryl methyl sites for hydroxylation is 2. The van der Waals surface area contributed by atoms with Gasteiger partial charge in [0.25, 0.3) is 0 Å². The van der Waals surface area contributed by atoms with Crippen LogP contribution in [0.1, 0.15) is 29.7 Å². The number of nitrogens with two attached hydrogens (primary N) is 1. The summed E-state index contributed by atoms with van der Waals surface area (Å²) in [6.45, 7) is 5.97. The summed E-state index contributed by atoms with van der Waals surface area (Å²) in [6, 6.07) is 13.0. The van der Waals surface area contributed by atoms with Gasteiger partial charge in [0.1, 0.15) is 0 Å². The monoisotopic (exact) mass is 283 g/mol. The highest BCUT2D eigenvalue weighted by Gasteiger charge is 2.05. The van der Waals surface area contributed by atoms with Crippen LogP contribution in [0.2, 0.25) is 0 Å². The van der Waals surface area contributed by atoms with Gasteiger partial charge in [0.05, 0.1) is 0 Å². The number of nitrogens with one attached hydrogen (secondary N) is 2. The smallest absolute Gasteiger partial charge is 0.323 e. The molecular formula is C17H21N3O. The molecular weight excluding hydrogens is 262 g/mol. The fourth-order valence-electron chi connectivity index (χ4n) is 2.01. The predicted molar refractivity (Wildman–Crippen MR) is 87.6 cm³/mol. The first kappa shape index (κ1) is 15.1. The van der Waals surface area contributed by atoms with Gasteiger partial charge in [-0.15, -0.1) is 0 Å². The van der Waals surface area contributed by atoms with E-state index in [1.165, 1.54) is 5.56 Å². The summed E-state index contributed by atoms with van der Waals surface area (Å²) in [5, 5.41) is 5.64. The molecule has 110 valence electrons. The zero-order chi connectivity index (χ0) is 15.4. The Hall–Kier alpha value is -2.33. The van der Waals surface area contributed by atoms with Crippen LogP contribution in [0.3, 0.4) is 0 Å². The maximum atomic E-state index is 12.0. The molecule has 0 heterocycles. The lowest BCUT2D eigenvalue weighted by Crippen LogP contribution is -2.19. The molecule has 0 aliphatic carbocycles. The van der Waals surface area contributed by atoms with Gasteiger partial charge in [-0.2, -0.15) is 0 Å². The molecule has 0 spiro atoms. The van der Waals surface area contributed by atoms with Crippen LogP contribution in [0.4, 0.5) is 16.2 Å². The Morgan fingerprint density at radius 2 is 1.67 bits per heavy atom. The van der Waals surface area contributed by atoms with Crippen molar-refractivity contribution >= 4 is 17.4 Å². The molecule has 0 aromatic heterocycles. The van der Waals surface area contributed by atoms with Crippen molar-refractivity contribution in [1.29, 1.82) is 0 Å². The predicted octanol–water partition coefficient (Wildman–Crippen LogP) is 3.97. The van der Waals surface area contributed by atoms with Crippen molar-refractivity contribution in [2.24, 2.45) is 5.73 Å². The van der Waals surface area contributed by atoms with Crippen molar-refractivity contribution in [2.45, 2.75) is 26.8 Å². The third kappa shape index (κ3) is 4.07. The van der Waals surface area contributed by atoms with Crippen LogP contribution in [0.5, 0.6) is 0 Å².